The molecule has 1 unspecified atom stereocenters. The summed E-state index contributed by atoms with van der Waals surface area (Å²) in [4.78, 5) is 14.5. The van der Waals surface area contributed by atoms with Crippen LogP contribution in [0.25, 0.3) is 0 Å². The van der Waals surface area contributed by atoms with E-state index < -0.39 is 5.82 Å². The molecule has 1 amide bonds. The topological polar surface area (TPSA) is 25.2 Å². The minimum Gasteiger partial charge on any atom is -0.345 e. The zero-order valence-electron chi connectivity index (χ0n) is 11.9. The summed E-state index contributed by atoms with van der Waals surface area (Å²) in [7, 11) is 0. The van der Waals surface area contributed by atoms with Crippen LogP contribution in [0, 0.1) is 12.7 Å². The van der Waals surface area contributed by atoms with Crippen molar-refractivity contribution in [3.63, 3.8) is 0 Å². The number of nitrogens with zero attached hydrogens (tertiary/aromatic N) is 2. The standard InChI is InChI=1S/C16H16BrFN2O/c1-10-3-6-15-11(2)20(8-7-19(10)15)16(21)13-9-12(18)4-5-14(13)17/h3-6,9,11H,7-8H2,1-2H3. The van der Waals surface area contributed by atoms with E-state index in [1.165, 1.54) is 17.8 Å². The molecule has 2 aromatic rings. The molecule has 1 aromatic carbocycles. The van der Waals surface area contributed by atoms with E-state index >= 15 is 0 Å². The van der Waals surface area contributed by atoms with Gasteiger partial charge in [0.25, 0.3) is 5.91 Å². The highest BCUT2D eigenvalue weighted by Gasteiger charge is 2.29. The van der Waals surface area contributed by atoms with E-state index in [0.29, 0.717) is 16.6 Å². The molecule has 3 rings (SSSR count). The fourth-order valence-corrected chi connectivity index (χ4v) is 3.33. The quantitative estimate of drug-likeness (QED) is 0.765. The number of aromatic nitrogens is 1. The van der Waals surface area contributed by atoms with Gasteiger partial charge in [-0.15, -0.1) is 0 Å². The Hall–Kier alpha value is -1.62. The highest BCUT2D eigenvalue weighted by molar-refractivity contribution is 9.10. The molecule has 0 aliphatic carbocycles. The number of amides is 1. The lowest BCUT2D eigenvalue weighted by atomic mass is 10.1. The van der Waals surface area contributed by atoms with Gasteiger partial charge >= 0.3 is 0 Å². The highest BCUT2D eigenvalue weighted by atomic mass is 79.9. The first-order chi connectivity index (χ1) is 9.99. The number of benzene rings is 1. The molecule has 1 aromatic heterocycles. The van der Waals surface area contributed by atoms with E-state index in [1.54, 1.807) is 11.0 Å². The first-order valence-corrected chi connectivity index (χ1v) is 7.70. The maximum Gasteiger partial charge on any atom is 0.255 e. The summed E-state index contributed by atoms with van der Waals surface area (Å²) in [5.74, 6) is -0.538. The smallest absolute Gasteiger partial charge is 0.255 e. The molecule has 0 saturated heterocycles. The van der Waals surface area contributed by atoms with Crippen molar-refractivity contribution in [3.05, 3.63) is 57.6 Å². The van der Waals surface area contributed by atoms with Crippen molar-refractivity contribution in [2.24, 2.45) is 0 Å². The minimum absolute atomic E-state index is 0.0184. The number of carbonyl (C=O) groups excluding carboxylic acids is 1. The van der Waals surface area contributed by atoms with Crippen LogP contribution in [-0.4, -0.2) is 21.9 Å². The van der Waals surface area contributed by atoms with E-state index in [-0.39, 0.29) is 11.9 Å². The van der Waals surface area contributed by atoms with Gasteiger partial charge in [0.05, 0.1) is 11.6 Å². The lowest BCUT2D eigenvalue weighted by molar-refractivity contribution is 0.0641. The lowest BCUT2D eigenvalue weighted by Gasteiger charge is -2.35. The Morgan fingerprint density at radius 3 is 2.81 bits per heavy atom. The summed E-state index contributed by atoms with van der Waals surface area (Å²) in [6.07, 6.45) is 0. The van der Waals surface area contributed by atoms with Crippen LogP contribution in [0.2, 0.25) is 0 Å². The molecule has 0 radical (unpaired) electrons. The van der Waals surface area contributed by atoms with Crippen molar-refractivity contribution in [3.8, 4) is 0 Å². The third-order valence-electron chi connectivity index (χ3n) is 4.11. The van der Waals surface area contributed by atoms with Crippen molar-refractivity contribution in [1.29, 1.82) is 0 Å². The predicted octanol–water partition coefficient (Wildman–Crippen LogP) is 3.92. The van der Waals surface area contributed by atoms with Gasteiger partial charge in [0.15, 0.2) is 0 Å². The number of hydrogen-bond acceptors (Lipinski definition) is 1. The van der Waals surface area contributed by atoms with Gasteiger partial charge in [0.1, 0.15) is 5.82 Å². The number of fused-ring (bicyclic) bond motifs is 1. The first-order valence-electron chi connectivity index (χ1n) is 6.91. The van der Waals surface area contributed by atoms with E-state index in [4.69, 9.17) is 0 Å². The fourth-order valence-electron chi connectivity index (χ4n) is 2.91. The Bertz CT molecular complexity index is 710. The van der Waals surface area contributed by atoms with Crippen molar-refractivity contribution in [2.45, 2.75) is 26.4 Å². The molecule has 0 spiro atoms. The summed E-state index contributed by atoms with van der Waals surface area (Å²) in [5, 5.41) is 0. The van der Waals surface area contributed by atoms with E-state index in [2.05, 4.69) is 39.6 Å². The number of hydrogen-bond donors (Lipinski definition) is 0. The summed E-state index contributed by atoms with van der Waals surface area (Å²) in [6.45, 7) is 5.48. The molecule has 110 valence electrons. The molecule has 21 heavy (non-hydrogen) atoms. The average molecular weight is 351 g/mol. The molecule has 2 heterocycles. The van der Waals surface area contributed by atoms with Gasteiger partial charge in [-0.3, -0.25) is 4.79 Å². The zero-order valence-corrected chi connectivity index (χ0v) is 13.5. The molecular weight excluding hydrogens is 335 g/mol. The van der Waals surface area contributed by atoms with Crippen molar-refractivity contribution in [1.82, 2.24) is 9.47 Å². The van der Waals surface area contributed by atoms with Gasteiger partial charge in [-0.1, -0.05) is 0 Å². The highest BCUT2D eigenvalue weighted by Crippen LogP contribution is 2.30. The fraction of sp³-hybridized carbons (Fsp3) is 0.312. The molecule has 1 atom stereocenters. The van der Waals surface area contributed by atoms with Crippen molar-refractivity contribution < 1.29 is 9.18 Å². The van der Waals surface area contributed by atoms with Crippen LogP contribution < -0.4 is 0 Å². The van der Waals surface area contributed by atoms with Gasteiger partial charge in [-0.25, -0.2) is 4.39 Å². The normalized spacial score (nSPS) is 17.7. The third kappa shape index (κ3) is 2.39. The Morgan fingerprint density at radius 2 is 2.05 bits per heavy atom. The zero-order chi connectivity index (χ0) is 15.1. The molecule has 1 aliphatic heterocycles. The minimum atomic E-state index is -0.398. The molecular formula is C16H16BrFN2O. The van der Waals surface area contributed by atoms with Gasteiger partial charge in [-0.05, 0) is 60.1 Å². The van der Waals surface area contributed by atoms with Gasteiger partial charge in [0, 0.05) is 29.0 Å². The summed E-state index contributed by atoms with van der Waals surface area (Å²) < 4.78 is 16.3. The predicted molar refractivity (Wildman–Crippen MR) is 82.7 cm³/mol. The van der Waals surface area contributed by atoms with Gasteiger partial charge in [0.2, 0.25) is 0 Å². The van der Waals surface area contributed by atoms with Crippen LogP contribution in [-0.2, 0) is 6.54 Å². The van der Waals surface area contributed by atoms with Crippen LogP contribution in [0.15, 0.2) is 34.8 Å². The second kappa shape index (κ2) is 5.30. The first kappa shape index (κ1) is 14.3. The molecule has 0 bridgehead atoms. The number of rotatable bonds is 1. The van der Waals surface area contributed by atoms with Gasteiger partial charge < -0.3 is 9.47 Å². The third-order valence-corrected chi connectivity index (χ3v) is 4.80. The molecule has 5 heteroatoms. The maximum absolute atomic E-state index is 13.4. The summed E-state index contributed by atoms with van der Waals surface area (Å²) >= 11 is 3.33. The number of carbonyl (C=O) groups is 1. The number of aryl methyl sites for hydroxylation is 1. The molecule has 0 fully saturated rings. The molecule has 3 nitrogen and oxygen atoms in total. The molecule has 1 aliphatic rings. The SMILES string of the molecule is Cc1ccc2n1CCN(C(=O)c1cc(F)ccc1Br)C2C. The number of halogens is 2. The Labute approximate surface area is 131 Å². The van der Waals surface area contributed by atoms with E-state index in [9.17, 15) is 9.18 Å². The molecule has 0 N–H and O–H groups in total. The Kier molecular flexibility index (Phi) is 3.61. The van der Waals surface area contributed by atoms with Crippen molar-refractivity contribution >= 4 is 21.8 Å². The van der Waals surface area contributed by atoms with Crippen LogP contribution in [0.3, 0.4) is 0 Å². The van der Waals surface area contributed by atoms with Gasteiger partial charge in [-0.2, -0.15) is 0 Å². The molecule has 0 saturated carbocycles. The summed E-state index contributed by atoms with van der Waals surface area (Å²) in [6, 6.07) is 8.31. The Morgan fingerprint density at radius 1 is 1.29 bits per heavy atom. The van der Waals surface area contributed by atoms with Crippen LogP contribution in [0.5, 0.6) is 0 Å². The van der Waals surface area contributed by atoms with E-state index in [0.717, 1.165) is 12.2 Å². The van der Waals surface area contributed by atoms with Crippen LogP contribution in [0.4, 0.5) is 4.39 Å². The van der Waals surface area contributed by atoms with Crippen molar-refractivity contribution in [2.75, 3.05) is 6.54 Å². The maximum atomic E-state index is 13.4. The van der Waals surface area contributed by atoms with Crippen LogP contribution >= 0.6 is 15.9 Å². The second-order valence-electron chi connectivity index (χ2n) is 5.35. The largest absolute Gasteiger partial charge is 0.345 e. The summed E-state index contributed by atoms with van der Waals surface area (Å²) in [5.41, 5.74) is 2.70. The van der Waals surface area contributed by atoms with E-state index in [1.807, 2.05) is 6.92 Å². The lowest BCUT2D eigenvalue weighted by Crippen LogP contribution is -2.41. The Balaban J connectivity index is 1.95. The van der Waals surface area contributed by atoms with Crippen LogP contribution in [0.1, 0.15) is 34.7 Å². The second-order valence-corrected chi connectivity index (χ2v) is 6.20. The average Bonchev–Trinajstić information content (AvgIpc) is 2.84. The monoisotopic (exact) mass is 350 g/mol.